The van der Waals surface area contributed by atoms with Crippen molar-refractivity contribution in [1.29, 1.82) is 0 Å². The van der Waals surface area contributed by atoms with Gasteiger partial charge in [0.1, 0.15) is 0 Å². The SMILES string of the molecule is CCC(O)CCNS(=O)(=O)c1sc(=O)[nH]c1C. The number of sulfonamides is 1. The maximum Gasteiger partial charge on any atom is 0.305 e. The zero-order valence-corrected chi connectivity index (χ0v) is 11.3. The Bertz CT molecular complexity index is 517. The van der Waals surface area contributed by atoms with E-state index in [1.54, 1.807) is 0 Å². The molecule has 98 valence electrons. The van der Waals surface area contributed by atoms with Crippen LogP contribution in [0.2, 0.25) is 0 Å². The molecule has 1 unspecified atom stereocenters. The summed E-state index contributed by atoms with van der Waals surface area (Å²) in [5.74, 6) is 0. The van der Waals surface area contributed by atoms with E-state index in [9.17, 15) is 18.3 Å². The zero-order valence-electron chi connectivity index (χ0n) is 9.69. The van der Waals surface area contributed by atoms with Crippen LogP contribution in [-0.4, -0.2) is 31.2 Å². The Morgan fingerprint density at radius 2 is 2.18 bits per heavy atom. The van der Waals surface area contributed by atoms with Crippen molar-refractivity contribution < 1.29 is 13.5 Å². The van der Waals surface area contributed by atoms with E-state index in [-0.39, 0.29) is 10.8 Å². The average Bonchev–Trinajstić information content (AvgIpc) is 2.58. The molecule has 1 rings (SSSR count). The molecule has 1 atom stereocenters. The topological polar surface area (TPSA) is 99.3 Å². The second-order valence-corrected chi connectivity index (χ2v) is 6.62. The average molecular weight is 280 g/mol. The molecule has 0 aliphatic heterocycles. The van der Waals surface area contributed by atoms with Crippen LogP contribution in [0.3, 0.4) is 0 Å². The highest BCUT2D eigenvalue weighted by atomic mass is 32.2. The number of nitrogens with one attached hydrogen (secondary N) is 2. The first kappa shape index (κ1) is 14.4. The molecule has 0 bridgehead atoms. The van der Waals surface area contributed by atoms with E-state index >= 15 is 0 Å². The number of hydrogen-bond donors (Lipinski definition) is 3. The summed E-state index contributed by atoms with van der Waals surface area (Å²) < 4.78 is 26.0. The third kappa shape index (κ3) is 3.91. The number of thiazole rings is 1. The fraction of sp³-hybridized carbons (Fsp3) is 0.667. The molecule has 17 heavy (non-hydrogen) atoms. The molecule has 1 heterocycles. The first-order valence-electron chi connectivity index (χ1n) is 5.24. The third-order valence-electron chi connectivity index (χ3n) is 2.27. The van der Waals surface area contributed by atoms with Crippen molar-refractivity contribution in [2.75, 3.05) is 6.54 Å². The molecule has 0 aromatic carbocycles. The highest BCUT2D eigenvalue weighted by Gasteiger charge is 2.20. The van der Waals surface area contributed by atoms with E-state index in [0.717, 1.165) is 0 Å². The number of H-pyrrole nitrogens is 1. The number of aromatic nitrogens is 1. The van der Waals surface area contributed by atoms with Crippen molar-refractivity contribution >= 4 is 21.4 Å². The molecule has 0 saturated heterocycles. The Balaban J connectivity index is 2.70. The highest BCUT2D eigenvalue weighted by molar-refractivity contribution is 7.91. The van der Waals surface area contributed by atoms with Crippen molar-refractivity contribution in [2.45, 2.75) is 37.0 Å². The van der Waals surface area contributed by atoms with Gasteiger partial charge in [-0.15, -0.1) is 0 Å². The van der Waals surface area contributed by atoms with Crippen molar-refractivity contribution in [3.63, 3.8) is 0 Å². The second-order valence-electron chi connectivity index (χ2n) is 3.68. The lowest BCUT2D eigenvalue weighted by molar-refractivity contribution is 0.162. The van der Waals surface area contributed by atoms with Crippen LogP contribution in [0.5, 0.6) is 0 Å². The first-order valence-corrected chi connectivity index (χ1v) is 7.54. The monoisotopic (exact) mass is 280 g/mol. The normalized spacial score (nSPS) is 13.8. The molecule has 3 N–H and O–H groups in total. The van der Waals surface area contributed by atoms with E-state index in [0.29, 0.717) is 29.9 Å². The van der Waals surface area contributed by atoms with Crippen molar-refractivity contribution in [1.82, 2.24) is 9.71 Å². The predicted octanol–water partition coefficient (Wildman–Crippen LogP) is 0.184. The molecular weight excluding hydrogens is 264 g/mol. The van der Waals surface area contributed by atoms with Gasteiger partial charge in [-0.1, -0.05) is 18.3 Å². The lowest BCUT2D eigenvalue weighted by atomic mass is 10.2. The maximum absolute atomic E-state index is 11.8. The summed E-state index contributed by atoms with van der Waals surface area (Å²) in [4.78, 5) is 13.0. The van der Waals surface area contributed by atoms with Crippen LogP contribution < -0.4 is 9.60 Å². The van der Waals surface area contributed by atoms with Gasteiger partial charge in [0.25, 0.3) is 10.0 Å². The molecule has 0 saturated carbocycles. The maximum atomic E-state index is 11.8. The number of aryl methyl sites for hydroxylation is 1. The van der Waals surface area contributed by atoms with Crippen LogP contribution in [0.1, 0.15) is 25.5 Å². The van der Waals surface area contributed by atoms with E-state index in [4.69, 9.17) is 0 Å². The summed E-state index contributed by atoms with van der Waals surface area (Å²) >= 11 is 0.662. The van der Waals surface area contributed by atoms with Gasteiger partial charge in [-0.05, 0) is 19.8 Å². The molecule has 1 aromatic rings. The summed E-state index contributed by atoms with van der Waals surface area (Å²) in [5.41, 5.74) is 0.337. The van der Waals surface area contributed by atoms with Gasteiger partial charge >= 0.3 is 4.87 Å². The zero-order chi connectivity index (χ0) is 13.1. The predicted molar refractivity (Wildman–Crippen MR) is 65.8 cm³/mol. The van der Waals surface area contributed by atoms with Gasteiger partial charge in [-0.25, -0.2) is 13.1 Å². The number of hydrogen-bond acceptors (Lipinski definition) is 5. The standard InChI is InChI=1S/C9H16N2O4S2/c1-3-7(12)4-5-10-17(14,15)8-6(2)11-9(13)16-8/h7,10,12H,3-5H2,1-2H3,(H,11,13). The summed E-state index contributed by atoms with van der Waals surface area (Å²) in [6.45, 7) is 3.51. The Labute approximate surface area is 104 Å². The number of aliphatic hydroxyl groups is 1. The largest absolute Gasteiger partial charge is 0.393 e. The lowest BCUT2D eigenvalue weighted by Crippen LogP contribution is -2.27. The Morgan fingerprint density at radius 1 is 1.53 bits per heavy atom. The van der Waals surface area contributed by atoms with E-state index in [1.165, 1.54) is 6.92 Å². The molecule has 0 spiro atoms. The summed E-state index contributed by atoms with van der Waals surface area (Å²) in [5, 5.41) is 9.30. The highest BCUT2D eigenvalue weighted by Crippen LogP contribution is 2.15. The fourth-order valence-electron chi connectivity index (χ4n) is 1.28. The first-order chi connectivity index (χ1) is 7.86. The molecule has 0 amide bonds. The van der Waals surface area contributed by atoms with Crippen LogP contribution in [0.25, 0.3) is 0 Å². The number of rotatable bonds is 6. The minimum Gasteiger partial charge on any atom is -0.393 e. The van der Waals surface area contributed by atoms with Crippen molar-refractivity contribution in [3.8, 4) is 0 Å². The molecule has 6 nitrogen and oxygen atoms in total. The van der Waals surface area contributed by atoms with Gasteiger partial charge < -0.3 is 10.1 Å². The molecule has 0 radical (unpaired) electrons. The van der Waals surface area contributed by atoms with Crippen LogP contribution in [-0.2, 0) is 10.0 Å². The van der Waals surface area contributed by atoms with Crippen LogP contribution >= 0.6 is 11.3 Å². The quantitative estimate of drug-likeness (QED) is 0.692. The molecular formula is C9H16N2O4S2. The second kappa shape index (κ2) is 5.76. The Hall–Kier alpha value is -0.700. The van der Waals surface area contributed by atoms with Crippen molar-refractivity contribution in [2.24, 2.45) is 0 Å². The van der Waals surface area contributed by atoms with Gasteiger partial charge in [-0.3, -0.25) is 4.79 Å². The van der Waals surface area contributed by atoms with E-state index in [2.05, 4.69) is 9.71 Å². The van der Waals surface area contributed by atoms with Crippen molar-refractivity contribution in [3.05, 3.63) is 15.4 Å². The van der Waals surface area contributed by atoms with Crippen LogP contribution in [0.4, 0.5) is 0 Å². The Morgan fingerprint density at radius 3 is 2.65 bits per heavy atom. The lowest BCUT2D eigenvalue weighted by Gasteiger charge is -2.08. The van der Waals surface area contributed by atoms with Gasteiger partial charge in [0.15, 0.2) is 4.21 Å². The number of aliphatic hydroxyl groups excluding tert-OH is 1. The van der Waals surface area contributed by atoms with Gasteiger partial charge in [0.2, 0.25) is 0 Å². The summed E-state index contributed by atoms with van der Waals surface area (Å²) in [6.07, 6.45) is 0.426. The van der Waals surface area contributed by atoms with Crippen LogP contribution in [0, 0.1) is 6.92 Å². The number of aromatic amines is 1. The smallest absolute Gasteiger partial charge is 0.305 e. The van der Waals surface area contributed by atoms with Gasteiger partial charge in [0, 0.05) is 12.2 Å². The fourth-order valence-corrected chi connectivity index (χ4v) is 3.67. The molecule has 0 aliphatic rings. The van der Waals surface area contributed by atoms with Gasteiger partial charge in [0.05, 0.1) is 6.10 Å². The Kier molecular flexibility index (Phi) is 4.87. The summed E-state index contributed by atoms with van der Waals surface area (Å²) in [6, 6.07) is 0. The van der Waals surface area contributed by atoms with Crippen LogP contribution in [0.15, 0.2) is 9.00 Å². The third-order valence-corrected chi connectivity index (χ3v) is 5.33. The van der Waals surface area contributed by atoms with Gasteiger partial charge in [-0.2, -0.15) is 0 Å². The minimum absolute atomic E-state index is 0.00786. The molecule has 0 fully saturated rings. The van der Waals surface area contributed by atoms with E-state index in [1.807, 2.05) is 6.92 Å². The summed E-state index contributed by atoms with van der Waals surface area (Å²) in [7, 11) is -3.65. The molecule has 8 heteroatoms. The molecule has 0 aliphatic carbocycles. The molecule has 1 aromatic heterocycles. The minimum atomic E-state index is -3.65. The van der Waals surface area contributed by atoms with E-state index < -0.39 is 21.0 Å².